The Morgan fingerprint density at radius 3 is 2.34 bits per heavy atom. The van der Waals surface area contributed by atoms with Gasteiger partial charge in [0.05, 0.1) is 16.3 Å². The SMILES string of the molecule is Cc1cc(S(=O)(=O)N(C)C)cc(NC(=O)/C=C/c2c(C)nn(-c3ccccc3)c2C)c1C. The predicted octanol–water partition coefficient (Wildman–Crippen LogP) is 4.01. The summed E-state index contributed by atoms with van der Waals surface area (Å²) < 4.78 is 28.1. The summed E-state index contributed by atoms with van der Waals surface area (Å²) in [6.45, 7) is 7.51. The first-order chi connectivity index (χ1) is 15.0. The molecule has 7 nitrogen and oxygen atoms in total. The lowest BCUT2D eigenvalue weighted by Crippen LogP contribution is -2.22. The Kier molecular flexibility index (Phi) is 6.66. The normalized spacial score (nSPS) is 12.0. The number of nitrogens with zero attached hydrogens (tertiary/aromatic N) is 3. The van der Waals surface area contributed by atoms with Crippen molar-refractivity contribution in [1.82, 2.24) is 14.1 Å². The first kappa shape index (κ1) is 23.4. The number of carbonyl (C=O) groups is 1. The lowest BCUT2D eigenvalue weighted by Gasteiger charge is -2.16. The number of aromatic nitrogens is 2. The van der Waals surface area contributed by atoms with E-state index in [2.05, 4.69) is 10.4 Å². The first-order valence-corrected chi connectivity index (χ1v) is 11.6. The molecule has 1 heterocycles. The zero-order valence-electron chi connectivity index (χ0n) is 19.2. The molecule has 2 aromatic carbocycles. The van der Waals surface area contributed by atoms with Gasteiger partial charge in [-0.1, -0.05) is 18.2 Å². The van der Waals surface area contributed by atoms with Crippen molar-refractivity contribution < 1.29 is 13.2 Å². The van der Waals surface area contributed by atoms with Crippen molar-refractivity contribution in [3.63, 3.8) is 0 Å². The number of hydrogen-bond donors (Lipinski definition) is 1. The zero-order valence-corrected chi connectivity index (χ0v) is 20.0. The van der Waals surface area contributed by atoms with Crippen LogP contribution in [-0.4, -0.2) is 42.5 Å². The Hall–Kier alpha value is -3.23. The minimum absolute atomic E-state index is 0.140. The second kappa shape index (κ2) is 9.10. The molecule has 3 rings (SSSR count). The van der Waals surface area contributed by atoms with E-state index in [0.29, 0.717) is 5.69 Å². The van der Waals surface area contributed by atoms with E-state index in [0.717, 1.165) is 38.1 Å². The Bertz CT molecular complexity index is 1290. The number of carbonyl (C=O) groups excluding carboxylic acids is 1. The molecule has 8 heteroatoms. The summed E-state index contributed by atoms with van der Waals surface area (Å²) in [6, 6.07) is 12.9. The van der Waals surface area contributed by atoms with Gasteiger partial charge in [0.25, 0.3) is 0 Å². The molecule has 0 saturated heterocycles. The Morgan fingerprint density at radius 1 is 1.06 bits per heavy atom. The van der Waals surface area contributed by atoms with Crippen molar-refractivity contribution in [2.75, 3.05) is 19.4 Å². The van der Waals surface area contributed by atoms with Gasteiger partial charge in [0.2, 0.25) is 15.9 Å². The molecule has 0 aliphatic rings. The molecule has 0 radical (unpaired) electrons. The third-order valence-electron chi connectivity index (χ3n) is 5.43. The summed E-state index contributed by atoms with van der Waals surface area (Å²) in [6.07, 6.45) is 3.17. The van der Waals surface area contributed by atoms with Gasteiger partial charge in [-0.2, -0.15) is 5.10 Å². The Labute approximate surface area is 189 Å². The predicted molar refractivity (Wildman–Crippen MR) is 127 cm³/mol. The maximum absolute atomic E-state index is 12.7. The topological polar surface area (TPSA) is 84.3 Å². The minimum Gasteiger partial charge on any atom is -0.322 e. The number of anilines is 1. The number of sulfonamides is 1. The molecular weight excluding hydrogens is 424 g/mol. The maximum atomic E-state index is 12.7. The van der Waals surface area contributed by atoms with E-state index in [1.54, 1.807) is 12.1 Å². The van der Waals surface area contributed by atoms with E-state index in [1.807, 2.05) is 62.7 Å². The monoisotopic (exact) mass is 452 g/mol. The van der Waals surface area contributed by atoms with Crippen molar-refractivity contribution in [3.8, 4) is 5.69 Å². The van der Waals surface area contributed by atoms with E-state index in [1.165, 1.54) is 26.2 Å². The van der Waals surface area contributed by atoms with Crippen molar-refractivity contribution in [2.24, 2.45) is 0 Å². The molecule has 3 aromatic rings. The number of nitrogens with one attached hydrogen (secondary N) is 1. The number of rotatable bonds is 6. The van der Waals surface area contributed by atoms with Gasteiger partial charge in [-0.15, -0.1) is 0 Å². The molecule has 0 saturated carbocycles. The van der Waals surface area contributed by atoms with Crippen LogP contribution in [0.5, 0.6) is 0 Å². The van der Waals surface area contributed by atoms with Gasteiger partial charge in [0.15, 0.2) is 0 Å². The Morgan fingerprint density at radius 2 is 1.72 bits per heavy atom. The lowest BCUT2D eigenvalue weighted by atomic mass is 10.1. The fraction of sp³-hybridized carbons (Fsp3) is 0.250. The van der Waals surface area contributed by atoms with Gasteiger partial charge in [-0.05, 0) is 69.2 Å². The molecule has 0 aliphatic heterocycles. The Balaban J connectivity index is 1.87. The molecule has 1 aromatic heterocycles. The van der Waals surface area contributed by atoms with Crippen LogP contribution in [0.1, 0.15) is 28.1 Å². The van der Waals surface area contributed by atoms with Gasteiger partial charge in [-0.25, -0.2) is 17.4 Å². The molecule has 1 amide bonds. The second-order valence-electron chi connectivity index (χ2n) is 7.85. The number of hydrogen-bond acceptors (Lipinski definition) is 4. The first-order valence-electron chi connectivity index (χ1n) is 10.2. The summed E-state index contributed by atoms with van der Waals surface area (Å²) in [7, 11) is -0.656. The molecule has 0 atom stereocenters. The van der Waals surface area contributed by atoms with Crippen LogP contribution in [-0.2, 0) is 14.8 Å². The van der Waals surface area contributed by atoms with Crippen molar-refractivity contribution in [2.45, 2.75) is 32.6 Å². The standard InChI is InChI=1S/C24H28N4O3S/c1-16-14-21(32(30,31)27(5)6)15-23(17(16)2)25-24(29)13-12-22-18(3)26-28(19(22)4)20-10-8-7-9-11-20/h7-15H,1-6H3,(H,25,29)/b13-12+. The van der Waals surface area contributed by atoms with Crippen LogP contribution in [0.15, 0.2) is 53.4 Å². The average molecular weight is 453 g/mol. The summed E-state index contributed by atoms with van der Waals surface area (Å²) in [5, 5.41) is 7.40. The van der Waals surface area contributed by atoms with E-state index < -0.39 is 10.0 Å². The molecule has 0 bridgehead atoms. The van der Waals surface area contributed by atoms with Gasteiger partial charge in [-0.3, -0.25) is 4.79 Å². The molecule has 0 fully saturated rings. The average Bonchev–Trinajstić information content (AvgIpc) is 3.03. The molecule has 0 spiro atoms. The molecule has 168 valence electrons. The van der Waals surface area contributed by atoms with Crippen LogP contribution in [0.4, 0.5) is 5.69 Å². The summed E-state index contributed by atoms with van der Waals surface area (Å²) in [5.41, 5.74) is 5.60. The van der Waals surface area contributed by atoms with Gasteiger partial charge < -0.3 is 5.32 Å². The largest absolute Gasteiger partial charge is 0.322 e. The van der Waals surface area contributed by atoms with Gasteiger partial charge in [0.1, 0.15) is 0 Å². The number of para-hydroxylation sites is 1. The van der Waals surface area contributed by atoms with Crippen LogP contribution >= 0.6 is 0 Å². The molecule has 0 aliphatic carbocycles. The van der Waals surface area contributed by atoms with E-state index in [4.69, 9.17) is 0 Å². The van der Waals surface area contributed by atoms with Crippen LogP contribution < -0.4 is 5.32 Å². The maximum Gasteiger partial charge on any atom is 0.248 e. The van der Waals surface area contributed by atoms with Crippen molar-refractivity contribution in [3.05, 3.63) is 76.6 Å². The smallest absolute Gasteiger partial charge is 0.248 e. The van der Waals surface area contributed by atoms with E-state index >= 15 is 0 Å². The van der Waals surface area contributed by atoms with E-state index in [9.17, 15) is 13.2 Å². The molecular formula is C24H28N4O3S. The summed E-state index contributed by atoms with van der Waals surface area (Å²) in [5.74, 6) is -0.349. The van der Waals surface area contributed by atoms with Crippen LogP contribution in [0.3, 0.4) is 0 Å². The van der Waals surface area contributed by atoms with Gasteiger partial charge in [0, 0.05) is 37.1 Å². The fourth-order valence-electron chi connectivity index (χ4n) is 3.37. The number of aryl methyl sites for hydroxylation is 2. The van der Waals surface area contributed by atoms with Crippen LogP contribution in [0.25, 0.3) is 11.8 Å². The van der Waals surface area contributed by atoms with Crippen LogP contribution in [0, 0.1) is 27.7 Å². The quantitative estimate of drug-likeness (QED) is 0.573. The van der Waals surface area contributed by atoms with E-state index in [-0.39, 0.29) is 10.8 Å². The second-order valence-corrected chi connectivity index (χ2v) is 10.0. The number of amides is 1. The van der Waals surface area contributed by atoms with Crippen molar-refractivity contribution >= 4 is 27.7 Å². The highest BCUT2D eigenvalue weighted by Crippen LogP contribution is 2.26. The lowest BCUT2D eigenvalue weighted by molar-refractivity contribution is -0.111. The molecule has 32 heavy (non-hydrogen) atoms. The molecule has 0 unspecified atom stereocenters. The number of benzene rings is 2. The highest BCUT2D eigenvalue weighted by molar-refractivity contribution is 7.89. The third kappa shape index (κ3) is 4.66. The van der Waals surface area contributed by atoms with Crippen LogP contribution in [0.2, 0.25) is 0 Å². The highest BCUT2D eigenvalue weighted by Gasteiger charge is 2.20. The van der Waals surface area contributed by atoms with Crippen molar-refractivity contribution in [1.29, 1.82) is 0 Å². The summed E-state index contributed by atoms with van der Waals surface area (Å²) in [4.78, 5) is 12.8. The third-order valence-corrected chi connectivity index (χ3v) is 7.22. The zero-order chi connectivity index (χ0) is 23.6. The molecule has 1 N–H and O–H groups in total. The van der Waals surface area contributed by atoms with Gasteiger partial charge >= 0.3 is 0 Å². The summed E-state index contributed by atoms with van der Waals surface area (Å²) >= 11 is 0. The highest BCUT2D eigenvalue weighted by atomic mass is 32.2. The fourth-order valence-corrected chi connectivity index (χ4v) is 4.38. The minimum atomic E-state index is -3.61.